The van der Waals surface area contributed by atoms with Crippen molar-refractivity contribution in [1.29, 1.82) is 0 Å². The number of carbonyl (C=O) groups is 1. The van der Waals surface area contributed by atoms with E-state index in [1.54, 1.807) is 13.1 Å². The Labute approximate surface area is 183 Å². The van der Waals surface area contributed by atoms with E-state index in [2.05, 4.69) is 33.1 Å². The van der Waals surface area contributed by atoms with Crippen LogP contribution in [0.5, 0.6) is 0 Å². The van der Waals surface area contributed by atoms with Crippen molar-refractivity contribution in [3.05, 3.63) is 64.7 Å². The summed E-state index contributed by atoms with van der Waals surface area (Å²) < 4.78 is 0. The topological polar surface area (TPSA) is 65.5 Å². The highest BCUT2D eigenvalue weighted by Crippen LogP contribution is 2.22. The molecular weight excluding hydrogens is 475 g/mol. The summed E-state index contributed by atoms with van der Waals surface area (Å²) >= 11 is 6.07. The van der Waals surface area contributed by atoms with E-state index in [1.165, 1.54) is 5.56 Å². The van der Waals surface area contributed by atoms with Crippen LogP contribution < -0.4 is 16.0 Å². The molecule has 0 spiro atoms. The number of aliphatic imine (C=N–C) groups is 1. The number of guanidine groups is 1. The van der Waals surface area contributed by atoms with Gasteiger partial charge in [0, 0.05) is 37.3 Å². The standard InChI is InChI=1S/C20H25ClN4O.HI/c1-15-17(21)9-6-10-18(15)25-19(26)12-14-24-20(22-2)23-13-11-16-7-4-3-5-8-16;/h3-10H,11-14H2,1-2H3,(H,25,26)(H2,22,23,24);1H. The van der Waals surface area contributed by atoms with Crippen LogP contribution in [0.2, 0.25) is 5.02 Å². The highest BCUT2D eigenvalue weighted by atomic mass is 127. The van der Waals surface area contributed by atoms with Crippen LogP contribution in [0.4, 0.5) is 5.69 Å². The lowest BCUT2D eigenvalue weighted by molar-refractivity contribution is -0.116. The van der Waals surface area contributed by atoms with Gasteiger partial charge in [0.15, 0.2) is 5.96 Å². The molecule has 2 aromatic rings. The van der Waals surface area contributed by atoms with Crippen LogP contribution in [-0.2, 0) is 11.2 Å². The zero-order valence-corrected chi connectivity index (χ0v) is 18.7. The molecule has 27 heavy (non-hydrogen) atoms. The molecule has 0 aliphatic rings. The maximum Gasteiger partial charge on any atom is 0.226 e. The lowest BCUT2D eigenvalue weighted by Crippen LogP contribution is -2.39. The average molecular weight is 501 g/mol. The van der Waals surface area contributed by atoms with Crippen LogP contribution in [0.25, 0.3) is 0 Å². The maximum atomic E-state index is 12.1. The molecular formula is C20H26ClIN4O. The van der Waals surface area contributed by atoms with Gasteiger partial charge in [-0.05, 0) is 36.6 Å². The van der Waals surface area contributed by atoms with Gasteiger partial charge in [-0.3, -0.25) is 9.79 Å². The number of amides is 1. The normalized spacial score (nSPS) is 10.7. The van der Waals surface area contributed by atoms with Gasteiger partial charge in [0.2, 0.25) is 5.91 Å². The minimum atomic E-state index is -0.0670. The first-order chi connectivity index (χ1) is 12.6. The fourth-order valence-corrected chi connectivity index (χ4v) is 2.62. The molecule has 2 aromatic carbocycles. The Morgan fingerprint density at radius 3 is 2.44 bits per heavy atom. The van der Waals surface area contributed by atoms with Gasteiger partial charge in [-0.25, -0.2) is 0 Å². The Morgan fingerprint density at radius 1 is 1.04 bits per heavy atom. The zero-order valence-electron chi connectivity index (χ0n) is 15.6. The summed E-state index contributed by atoms with van der Waals surface area (Å²) in [6.07, 6.45) is 1.25. The third-order valence-electron chi connectivity index (χ3n) is 3.96. The third kappa shape index (κ3) is 8.17. The summed E-state index contributed by atoms with van der Waals surface area (Å²) in [4.78, 5) is 16.3. The SMILES string of the molecule is CN=C(NCCC(=O)Nc1cccc(Cl)c1C)NCCc1ccccc1.I. The maximum absolute atomic E-state index is 12.1. The van der Waals surface area contributed by atoms with Crippen molar-refractivity contribution >= 4 is 53.1 Å². The molecule has 2 rings (SSSR count). The lowest BCUT2D eigenvalue weighted by atomic mass is 10.1. The molecule has 146 valence electrons. The lowest BCUT2D eigenvalue weighted by Gasteiger charge is -2.13. The van der Waals surface area contributed by atoms with E-state index in [1.807, 2.05) is 37.3 Å². The van der Waals surface area contributed by atoms with Crippen molar-refractivity contribution in [1.82, 2.24) is 10.6 Å². The molecule has 0 saturated carbocycles. The van der Waals surface area contributed by atoms with Gasteiger partial charge in [0.05, 0.1) is 0 Å². The zero-order chi connectivity index (χ0) is 18.8. The number of carbonyl (C=O) groups excluding carboxylic acids is 1. The van der Waals surface area contributed by atoms with Crippen molar-refractivity contribution in [2.24, 2.45) is 4.99 Å². The van der Waals surface area contributed by atoms with Crippen molar-refractivity contribution < 1.29 is 4.79 Å². The number of nitrogens with one attached hydrogen (secondary N) is 3. The Hall–Kier alpha value is -1.80. The summed E-state index contributed by atoms with van der Waals surface area (Å²) in [7, 11) is 1.72. The van der Waals surface area contributed by atoms with Crippen LogP contribution in [0.1, 0.15) is 17.5 Å². The third-order valence-corrected chi connectivity index (χ3v) is 4.37. The van der Waals surface area contributed by atoms with E-state index in [9.17, 15) is 4.79 Å². The Bertz CT molecular complexity index is 753. The first-order valence-electron chi connectivity index (χ1n) is 8.63. The van der Waals surface area contributed by atoms with Gasteiger partial charge < -0.3 is 16.0 Å². The van der Waals surface area contributed by atoms with E-state index in [0.29, 0.717) is 23.9 Å². The van der Waals surface area contributed by atoms with Crippen molar-refractivity contribution in [2.45, 2.75) is 19.8 Å². The second-order valence-corrected chi connectivity index (χ2v) is 6.28. The largest absolute Gasteiger partial charge is 0.356 e. The van der Waals surface area contributed by atoms with Crippen molar-refractivity contribution in [3.8, 4) is 0 Å². The Kier molecular flexibility index (Phi) is 10.8. The van der Waals surface area contributed by atoms with Gasteiger partial charge in [0.25, 0.3) is 0 Å². The molecule has 0 fully saturated rings. The number of rotatable bonds is 7. The van der Waals surface area contributed by atoms with Crippen LogP contribution in [-0.4, -0.2) is 32.0 Å². The number of halogens is 2. The molecule has 7 heteroatoms. The monoisotopic (exact) mass is 500 g/mol. The predicted molar refractivity (Wildman–Crippen MR) is 124 cm³/mol. The summed E-state index contributed by atoms with van der Waals surface area (Å²) in [5.41, 5.74) is 2.88. The molecule has 0 atom stereocenters. The molecule has 0 saturated heterocycles. The number of benzene rings is 2. The fourth-order valence-electron chi connectivity index (χ4n) is 2.44. The van der Waals surface area contributed by atoms with Gasteiger partial charge >= 0.3 is 0 Å². The molecule has 0 heterocycles. The molecule has 0 radical (unpaired) electrons. The van der Waals surface area contributed by atoms with Gasteiger partial charge in [-0.2, -0.15) is 0 Å². The predicted octanol–water partition coefficient (Wildman–Crippen LogP) is 4.00. The molecule has 0 aromatic heterocycles. The van der Waals surface area contributed by atoms with E-state index < -0.39 is 0 Å². The average Bonchev–Trinajstić information content (AvgIpc) is 2.65. The van der Waals surface area contributed by atoms with Gasteiger partial charge in [-0.15, -0.1) is 24.0 Å². The van der Waals surface area contributed by atoms with Crippen molar-refractivity contribution in [2.75, 3.05) is 25.5 Å². The van der Waals surface area contributed by atoms with Crippen LogP contribution in [0.3, 0.4) is 0 Å². The highest BCUT2D eigenvalue weighted by Gasteiger charge is 2.07. The molecule has 0 unspecified atom stereocenters. The fraction of sp³-hybridized carbons (Fsp3) is 0.300. The van der Waals surface area contributed by atoms with Crippen LogP contribution in [0, 0.1) is 6.92 Å². The first-order valence-corrected chi connectivity index (χ1v) is 9.01. The number of hydrogen-bond acceptors (Lipinski definition) is 2. The van der Waals surface area contributed by atoms with Gasteiger partial charge in [-0.1, -0.05) is 48.0 Å². The second kappa shape index (κ2) is 12.6. The van der Waals surface area contributed by atoms with E-state index in [4.69, 9.17) is 11.6 Å². The summed E-state index contributed by atoms with van der Waals surface area (Å²) in [6.45, 7) is 3.16. The second-order valence-electron chi connectivity index (χ2n) is 5.87. The quantitative estimate of drug-likeness (QED) is 0.306. The summed E-state index contributed by atoms with van der Waals surface area (Å²) in [5.74, 6) is 0.621. The molecule has 5 nitrogen and oxygen atoms in total. The molecule has 0 aliphatic heterocycles. The Balaban J connectivity index is 0.00000364. The molecule has 0 aliphatic carbocycles. The minimum absolute atomic E-state index is 0. The van der Waals surface area contributed by atoms with E-state index in [0.717, 1.165) is 24.2 Å². The van der Waals surface area contributed by atoms with Crippen molar-refractivity contribution in [3.63, 3.8) is 0 Å². The number of hydrogen-bond donors (Lipinski definition) is 3. The smallest absolute Gasteiger partial charge is 0.226 e. The van der Waals surface area contributed by atoms with E-state index >= 15 is 0 Å². The highest BCUT2D eigenvalue weighted by molar-refractivity contribution is 14.0. The molecule has 1 amide bonds. The molecule has 0 bridgehead atoms. The number of nitrogens with zero attached hydrogens (tertiary/aromatic N) is 1. The summed E-state index contributed by atoms with van der Waals surface area (Å²) in [6, 6.07) is 15.7. The minimum Gasteiger partial charge on any atom is -0.356 e. The van der Waals surface area contributed by atoms with E-state index in [-0.39, 0.29) is 29.9 Å². The molecule has 3 N–H and O–H groups in total. The summed E-state index contributed by atoms with van der Waals surface area (Å²) in [5, 5.41) is 9.92. The Morgan fingerprint density at radius 2 is 1.74 bits per heavy atom. The van der Waals surface area contributed by atoms with Crippen LogP contribution in [0.15, 0.2) is 53.5 Å². The first kappa shape index (κ1) is 23.2. The number of anilines is 1. The van der Waals surface area contributed by atoms with Crippen LogP contribution >= 0.6 is 35.6 Å². The van der Waals surface area contributed by atoms with Gasteiger partial charge in [0.1, 0.15) is 0 Å².